The van der Waals surface area contributed by atoms with Crippen LogP contribution in [0.2, 0.25) is 0 Å². The Morgan fingerprint density at radius 1 is 0.381 bits per heavy atom. The fourth-order valence-corrected chi connectivity index (χ4v) is 6.81. The van der Waals surface area contributed by atoms with Crippen molar-refractivity contribution in [2.75, 3.05) is 0 Å². The molecule has 0 unspecified atom stereocenters. The van der Waals surface area contributed by atoms with Crippen LogP contribution in [-0.4, -0.2) is 9.55 Å². The van der Waals surface area contributed by atoms with Crippen LogP contribution in [0.25, 0.3) is 82.3 Å². The number of fused-ring (bicyclic) bond motifs is 10. The van der Waals surface area contributed by atoms with Crippen molar-refractivity contribution in [1.29, 1.82) is 0 Å². The second-order valence-corrected chi connectivity index (χ2v) is 11.0. The Kier molecular flexibility index (Phi) is 4.93. The molecule has 9 aromatic rings. The van der Waals surface area contributed by atoms with Crippen LogP contribution >= 0.6 is 0 Å². The number of hydrogen-bond donors (Lipinski definition) is 1. The van der Waals surface area contributed by atoms with Crippen molar-refractivity contribution in [3.8, 4) is 27.9 Å². The van der Waals surface area contributed by atoms with E-state index in [-0.39, 0.29) is 0 Å². The van der Waals surface area contributed by atoms with Crippen LogP contribution < -0.4 is 0 Å². The molecule has 0 aliphatic carbocycles. The summed E-state index contributed by atoms with van der Waals surface area (Å²) in [5.41, 5.74) is 10.8. The summed E-state index contributed by atoms with van der Waals surface area (Å²) < 4.78 is 2.45. The molecule has 9 rings (SSSR count). The number of H-pyrrole nitrogens is 1. The molecule has 2 aromatic heterocycles. The normalized spacial score (nSPS) is 11.8. The van der Waals surface area contributed by atoms with Gasteiger partial charge < -0.3 is 9.55 Å². The highest BCUT2D eigenvalue weighted by atomic mass is 15.0. The fraction of sp³-hybridized carbons (Fsp3) is 0. The van der Waals surface area contributed by atoms with Crippen molar-refractivity contribution in [3.63, 3.8) is 0 Å². The first-order valence-electron chi connectivity index (χ1n) is 14.5. The number of nitrogens with zero attached hydrogens (tertiary/aromatic N) is 1. The molecule has 0 saturated heterocycles. The zero-order valence-corrected chi connectivity index (χ0v) is 22.9. The van der Waals surface area contributed by atoms with Gasteiger partial charge in [-0.3, -0.25) is 0 Å². The third-order valence-electron chi connectivity index (χ3n) is 8.73. The van der Waals surface area contributed by atoms with Crippen molar-refractivity contribution < 1.29 is 0 Å². The Bertz CT molecular complexity index is 2430. The van der Waals surface area contributed by atoms with Crippen LogP contribution in [0.1, 0.15) is 0 Å². The predicted molar refractivity (Wildman–Crippen MR) is 179 cm³/mol. The number of hydrogen-bond acceptors (Lipinski definition) is 0. The number of rotatable bonds is 3. The fourth-order valence-electron chi connectivity index (χ4n) is 6.81. The van der Waals surface area contributed by atoms with E-state index in [1.807, 2.05) is 0 Å². The number of benzene rings is 7. The molecule has 0 radical (unpaired) electrons. The standard InChI is InChI=1S/C40H26N2/c1-3-11-26(12-4-1)28-19-22-30(23-20-28)42-36-24-21-29(27-13-5-2-6-14-27)25-35(36)39-40(42)37-33-17-9-7-15-31(33)32-16-8-10-18-34(32)38(37)41-39/h1-25,41H. The van der Waals surface area contributed by atoms with E-state index >= 15 is 0 Å². The SMILES string of the molecule is c1ccc(-c2ccc(-n3c4ccc(-c5ccccc5)cc4c4[nH]c5c6ccccc6c6ccccc6c5c43)cc2)cc1. The maximum atomic E-state index is 3.94. The van der Waals surface area contributed by atoms with Gasteiger partial charge in [0.2, 0.25) is 0 Å². The first-order chi connectivity index (χ1) is 20.8. The minimum absolute atomic E-state index is 1.15. The van der Waals surface area contributed by atoms with E-state index < -0.39 is 0 Å². The smallest absolute Gasteiger partial charge is 0.0804 e. The lowest BCUT2D eigenvalue weighted by Gasteiger charge is -2.12. The summed E-state index contributed by atoms with van der Waals surface area (Å²) in [6.45, 7) is 0. The molecular weight excluding hydrogens is 508 g/mol. The largest absolute Gasteiger partial charge is 0.352 e. The van der Waals surface area contributed by atoms with E-state index in [4.69, 9.17) is 0 Å². The maximum absolute atomic E-state index is 3.94. The van der Waals surface area contributed by atoms with E-state index in [1.165, 1.54) is 76.6 Å². The van der Waals surface area contributed by atoms with Gasteiger partial charge in [0.05, 0.1) is 22.1 Å². The second-order valence-electron chi connectivity index (χ2n) is 11.0. The van der Waals surface area contributed by atoms with Gasteiger partial charge >= 0.3 is 0 Å². The van der Waals surface area contributed by atoms with Crippen LogP contribution in [-0.2, 0) is 0 Å². The van der Waals surface area contributed by atoms with Gasteiger partial charge in [0.1, 0.15) is 0 Å². The zero-order chi connectivity index (χ0) is 27.6. The van der Waals surface area contributed by atoms with Gasteiger partial charge in [-0.2, -0.15) is 0 Å². The summed E-state index contributed by atoms with van der Waals surface area (Å²) in [5.74, 6) is 0. The van der Waals surface area contributed by atoms with Gasteiger partial charge in [-0.15, -0.1) is 0 Å². The maximum Gasteiger partial charge on any atom is 0.0804 e. The molecule has 2 heterocycles. The highest BCUT2D eigenvalue weighted by Crippen LogP contribution is 2.44. The minimum atomic E-state index is 1.15. The van der Waals surface area contributed by atoms with Gasteiger partial charge in [-0.1, -0.05) is 127 Å². The lowest BCUT2D eigenvalue weighted by atomic mass is 9.98. The lowest BCUT2D eigenvalue weighted by Crippen LogP contribution is -1.94. The molecule has 2 heteroatoms. The van der Waals surface area contributed by atoms with E-state index in [9.17, 15) is 0 Å². The van der Waals surface area contributed by atoms with E-state index in [0.717, 1.165) is 5.69 Å². The van der Waals surface area contributed by atoms with Gasteiger partial charge in [0.25, 0.3) is 0 Å². The van der Waals surface area contributed by atoms with Crippen LogP contribution in [0.5, 0.6) is 0 Å². The number of aromatic nitrogens is 2. The van der Waals surface area contributed by atoms with Crippen LogP contribution in [0.3, 0.4) is 0 Å². The first-order valence-corrected chi connectivity index (χ1v) is 14.5. The summed E-state index contributed by atoms with van der Waals surface area (Å²) in [7, 11) is 0. The highest BCUT2D eigenvalue weighted by molar-refractivity contribution is 6.33. The van der Waals surface area contributed by atoms with Crippen molar-refractivity contribution in [3.05, 3.63) is 152 Å². The molecule has 0 atom stereocenters. The van der Waals surface area contributed by atoms with Crippen molar-refractivity contribution in [2.45, 2.75) is 0 Å². The second kappa shape index (κ2) is 8.95. The molecule has 0 aliphatic heterocycles. The quantitative estimate of drug-likeness (QED) is 0.218. The Hall–Kier alpha value is -5.60. The van der Waals surface area contributed by atoms with Crippen LogP contribution in [0.4, 0.5) is 0 Å². The van der Waals surface area contributed by atoms with E-state index in [0.29, 0.717) is 0 Å². The van der Waals surface area contributed by atoms with Crippen LogP contribution in [0, 0.1) is 0 Å². The summed E-state index contributed by atoms with van der Waals surface area (Å²) in [5, 5.41) is 7.57. The molecule has 0 aliphatic rings. The number of aromatic amines is 1. The molecule has 7 aromatic carbocycles. The molecule has 0 bridgehead atoms. The topological polar surface area (TPSA) is 20.7 Å². The van der Waals surface area contributed by atoms with Crippen molar-refractivity contribution in [2.24, 2.45) is 0 Å². The summed E-state index contributed by atoms with van der Waals surface area (Å²) in [6, 6.07) is 54.7. The van der Waals surface area contributed by atoms with E-state index in [2.05, 4.69) is 161 Å². The van der Waals surface area contributed by atoms with Crippen molar-refractivity contribution >= 4 is 54.4 Å². The van der Waals surface area contributed by atoms with Gasteiger partial charge in [0.15, 0.2) is 0 Å². The Labute approximate surface area is 243 Å². The first kappa shape index (κ1) is 23.1. The van der Waals surface area contributed by atoms with Gasteiger partial charge in [-0.05, 0) is 62.7 Å². The lowest BCUT2D eigenvalue weighted by molar-refractivity contribution is 1.19. The average Bonchev–Trinajstić information content (AvgIpc) is 3.61. The third-order valence-corrected chi connectivity index (χ3v) is 8.73. The monoisotopic (exact) mass is 534 g/mol. The Morgan fingerprint density at radius 2 is 0.905 bits per heavy atom. The molecule has 42 heavy (non-hydrogen) atoms. The van der Waals surface area contributed by atoms with Gasteiger partial charge in [0, 0.05) is 21.8 Å². The molecule has 1 N–H and O–H groups in total. The Balaban J connectivity index is 1.42. The molecule has 0 amide bonds. The number of nitrogens with one attached hydrogen (secondary N) is 1. The summed E-state index contributed by atoms with van der Waals surface area (Å²) in [6.07, 6.45) is 0. The minimum Gasteiger partial charge on any atom is -0.352 e. The van der Waals surface area contributed by atoms with Crippen LogP contribution in [0.15, 0.2) is 152 Å². The van der Waals surface area contributed by atoms with Crippen molar-refractivity contribution in [1.82, 2.24) is 9.55 Å². The third kappa shape index (κ3) is 3.33. The molecule has 0 fully saturated rings. The molecule has 0 saturated carbocycles. The van der Waals surface area contributed by atoms with Gasteiger partial charge in [-0.25, -0.2) is 0 Å². The average molecular weight is 535 g/mol. The highest BCUT2D eigenvalue weighted by Gasteiger charge is 2.21. The summed E-state index contributed by atoms with van der Waals surface area (Å²) in [4.78, 5) is 3.94. The zero-order valence-electron chi connectivity index (χ0n) is 22.9. The molecule has 2 nitrogen and oxygen atoms in total. The molecular formula is C40H26N2. The van der Waals surface area contributed by atoms with E-state index in [1.54, 1.807) is 0 Å². The molecule has 0 spiro atoms. The summed E-state index contributed by atoms with van der Waals surface area (Å²) >= 11 is 0. The molecule has 196 valence electrons. The Morgan fingerprint density at radius 3 is 1.60 bits per heavy atom. The predicted octanol–water partition coefficient (Wildman–Crippen LogP) is 10.9.